The SMILES string of the molecule is C[C@@H](c1ccccc1)N1C[C@@H](C(=O)Nc2cnccc2CO)CC1=O. The van der Waals surface area contributed by atoms with Crippen LogP contribution in [0.4, 0.5) is 5.69 Å². The van der Waals surface area contributed by atoms with Gasteiger partial charge in [0.1, 0.15) is 0 Å². The van der Waals surface area contributed by atoms with Gasteiger partial charge in [-0.2, -0.15) is 0 Å². The summed E-state index contributed by atoms with van der Waals surface area (Å²) < 4.78 is 0. The van der Waals surface area contributed by atoms with Gasteiger partial charge in [0, 0.05) is 24.7 Å². The van der Waals surface area contributed by atoms with Crippen molar-refractivity contribution in [2.45, 2.75) is 26.0 Å². The van der Waals surface area contributed by atoms with Crippen LogP contribution in [-0.2, 0) is 16.2 Å². The molecule has 0 saturated carbocycles. The quantitative estimate of drug-likeness (QED) is 0.874. The van der Waals surface area contributed by atoms with E-state index < -0.39 is 5.92 Å². The first-order chi connectivity index (χ1) is 12.1. The molecule has 0 bridgehead atoms. The van der Waals surface area contributed by atoms with Crippen molar-refractivity contribution in [1.82, 2.24) is 9.88 Å². The van der Waals surface area contributed by atoms with E-state index in [1.54, 1.807) is 17.2 Å². The van der Waals surface area contributed by atoms with Crippen molar-refractivity contribution < 1.29 is 14.7 Å². The van der Waals surface area contributed by atoms with Crippen LogP contribution in [0.15, 0.2) is 48.8 Å². The molecule has 1 aromatic carbocycles. The second-order valence-corrected chi connectivity index (χ2v) is 6.21. The Kier molecular flexibility index (Phi) is 5.09. The molecule has 0 unspecified atom stereocenters. The van der Waals surface area contributed by atoms with E-state index in [0.717, 1.165) is 5.56 Å². The van der Waals surface area contributed by atoms with Gasteiger partial charge in [-0.15, -0.1) is 0 Å². The van der Waals surface area contributed by atoms with Crippen molar-refractivity contribution in [2.75, 3.05) is 11.9 Å². The molecular weight excluding hydrogens is 318 g/mol. The van der Waals surface area contributed by atoms with E-state index in [1.807, 2.05) is 37.3 Å². The summed E-state index contributed by atoms with van der Waals surface area (Å²) in [6.07, 6.45) is 3.26. The first-order valence-corrected chi connectivity index (χ1v) is 8.29. The number of likely N-dealkylation sites (tertiary alicyclic amines) is 1. The lowest BCUT2D eigenvalue weighted by molar-refractivity contribution is -0.129. The lowest BCUT2D eigenvalue weighted by Gasteiger charge is -2.25. The largest absolute Gasteiger partial charge is 0.392 e. The fourth-order valence-electron chi connectivity index (χ4n) is 3.10. The maximum Gasteiger partial charge on any atom is 0.229 e. The van der Waals surface area contributed by atoms with Gasteiger partial charge in [0.2, 0.25) is 11.8 Å². The number of carbonyl (C=O) groups is 2. The summed E-state index contributed by atoms with van der Waals surface area (Å²) in [6.45, 7) is 2.17. The summed E-state index contributed by atoms with van der Waals surface area (Å²) >= 11 is 0. The zero-order chi connectivity index (χ0) is 17.8. The molecule has 25 heavy (non-hydrogen) atoms. The Morgan fingerprint density at radius 3 is 2.84 bits per heavy atom. The Balaban J connectivity index is 1.68. The molecule has 2 heterocycles. The molecule has 1 aromatic heterocycles. The summed E-state index contributed by atoms with van der Waals surface area (Å²) in [7, 11) is 0. The number of pyridine rings is 1. The van der Waals surface area contributed by atoms with E-state index in [1.165, 1.54) is 6.20 Å². The van der Waals surface area contributed by atoms with Gasteiger partial charge in [-0.05, 0) is 18.6 Å². The maximum atomic E-state index is 12.5. The number of anilines is 1. The number of nitrogens with one attached hydrogen (secondary N) is 1. The van der Waals surface area contributed by atoms with Crippen LogP contribution >= 0.6 is 0 Å². The standard InChI is InChI=1S/C19H21N3O3/c1-13(14-5-3-2-4-6-14)22-11-16(9-18(22)24)19(25)21-17-10-20-8-7-15(17)12-23/h2-8,10,13,16,23H,9,11-12H2,1H3,(H,21,25)/t13-,16-/m0/s1. The predicted molar refractivity (Wildman–Crippen MR) is 93.5 cm³/mol. The van der Waals surface area contributed by atoms with Gasteiger partial charge in [-0.25, -0.2) is 0 Å². The zero-order valence-electron chi connectivity index (χ0n) is 14.1. The molecule has 0 spiro atoms. The number of nitrogens with zero attached hydrogens (tertiary/aromatic N) is 2. The summed E-state index contributed by atoms with van der Waals surface area (Å²) in [6, 6.07) is 11.4. The van der Waals surface area contributed by atoms with Crippen molar-refractivity contribution in [3.05, 3.63) is 59.9 Å². The van der Waals surface area contributed by atoms with E-state index in [2.05, 4.69) is 10.3 Å². The molecule has 1 aliphatic heterocycles. The van der Waals surface area contributed by atoms with Crippen LogP contribution in [0.3, 0.4) is 0 Å². The van der Waals surface area contributed by atoms with E-state index in [9.17, 15) is 14.7 Å². The van der Waals surface area contributed by atoms with E-state index in [0.29, 0.717) is 17.8 Å². The van der Waals surface area contributed by atoms with Gasteiger partial charge in [0.05, 0.1) is 30.5 Å². The van der Waals surface area contributed by atoms with E-state index >= 15 is 0 Å². The second-order valence-electron chi connectivity index (χ2n) is 6.21. The molecule has 6 heteroatoms. The fourth-order valence-corrected chi connectivity index (χ4v) is 3.10. The number of rotatable bonds is 5. The molecule has 1 fully saturated rings. The molecule has 2 aromatic rings. The highest BCUT2D eigenvalue weighted by atomic mass is 16.3. The topological polar surface area (TPSA) is 82.5 Å². The van der Waals surface area contributed by atoms with Crippen LogP contribution in [-0.4, -0.2) is 33.3 Å². The van der Waals surface area contributed by atoms with Gasteiger partial charge in [-0.1, -0.05) is 30.3 Å². The highest BCUT2D eigenvalue weighted by Gasteiger charge is 2.37. The highest BCUT2D eigenvalue weighted by molar-refractivity contribution is 5.97. The van der Waals surface area contributed by atoms with Crippen LogP contribution in [0.25, 0.3) is 0 Å². The number of hydrogen-bond donors (Lipinski definition) is 2. The average molecular weight is 339 g/mol. The molecule has 2 atom stereocenters. The molecule has 1 aliphatic rings. The van der Waals surface area contributed by atoms with Gasteiger partial charge in [-0.3, -0.25) is 14.6 Å². The molecule has 6 nitrogen and oxygen atoms in total. The highest BCUT2D eigenvalue weighted by Crippen LogP contribution is 2.29. The van der Waals surface area contributed by atoms with E-state index in [4.69, 9.17) is 0 Å². The number of amides is 2. The number of hydrogen-bond acceptors (Lipinski definition) is 4. The lowest BCUT2D eigenvalue weighted by atomic mass is 10.1. The van der Waals surface area contributed by atoms with Gasteiger partial charge < -0.3 is 15.3 Å². The van der Waals surface area contributed by atoms with Crippen molar-refractivity contribution in [2.24, 2.45) is 5.92 Å². The Labute approximate surface area is 146 Å². The first kappa shape index (κ1) is 17.1. The number of benzene rings is 1. The molecule has 2 N–H and O–H groups in total. The second kappa shape index (κ2) is 7.44. The molecule has 2 amide bonds. The minimum absolute atomic E-state index is 0.0231. The Bertz CT molecular complexity index is 764. The smallest absolute Gasteiger partial charge is 0.229 e. The normalized spacial score (nSPS) is 18.2. The summed E-state index contributed by atoms with van der Waals surface area (Å²) in [5, 5.41) is 12.1. The minimum Gasteiger partial charge on any atom is -0.392 e. The monoisotopic (exact) mass is 339 g/mol. The Hall–Kier alpha value is -2.73. The Morgan fingerprint density at radius 2 is 2.12 bits per heavy atom. The van der Waals surface area contributed by atoms with Gasteiger partial charge >= 0.3 is 0 Å². The van der Waals surface area contributed by atoms with Crippen LogP contribution in [0.5, 0.6) is 0 Å². The van der Waals surface area contributed by atoms with Crippen LogP contribution < -0.4 is 5.32 Å². The number of carbonyl (C=O) groups excluding carboxylic acids is 2. The third-order valence-corrected chi connectivity index (χ3v) is 4.62. The van der Waals surface area contributed by atoms with E-state index in [-0.39, 0.29) is 30.9 Å². The van der Waals surface area contributed by atoms with Crippen molar-refractivity contribution in [3.63, 3.8) is 0 Å². The maximum absolute atomic E-state index is 12.5. The summed E-state index contributed by atoms with van der Waals surface area (Å²) in [5.74, 6) is -0.658. The number of aliphatic hydroxyl groups is 1. The predicted octanol–water partition coefficient (Wildman–Crippen LogP) is 2.12. The van der Waals surface area contributed by atoms with Gasteiger partial charge in [0.25, 0.3) is 0 Å². The zero-order valence-corrected chi connectivity index (χ0v) is 14.1. The molecule has 130 valence electrons. The summed E-state index contributed by atoms with van der Waals surface area (Å²) in [5.41, 5.74) is 2.13. The van der Waals surface area contributed by atoms with Crippen LogP contribution in [0.2, 0.25) is 0 Å². The average Bonchev–Trinajstić information content (AvgIpc) is 3.04. The molecular formula is C19H21N3O3. The number of aromatic nitrogens is 1. The Morgan fingerprint density at radius 1 is 1.36 bits per heavy atom. The third-order valence-electron chi connectivity index (χ3n) is 4.62. The molecule has 1 saturated heterocycles. The van der Waals surface area contributed by atoms with Crippen molar-refractivity contribution in [1.29, 1.82) is 0 Å². The van der Waals surface area contributed by atoms with Crippen LogP contribution in [0, 0.1) is 5.92 Å². The lowest BCUT2D eigenvalue weighted by Crippen LogP contribution is -2.30. The van der Waals surface area contributed by atoms with Crippen LogP contribution in [0.1, 0.15) is 30.5 Å². The van der Waals surface area contributed by atoms with Crippen molar-refractivity contribution in [3.8, 4) is 0 Å². The van der Waals surface area contributed by atoms with Crippen molar-refractivity contribution >= 4 is 17.5 Å². The number of aliphatic hydroxyl groups excluding tert-OH is 1. The first-order valence-electron chi connectivity index (χ1n) is 8.29. The fraction of sp³-hybridized carbons (Fsp3) is 0.316. The minimum atomic E-state index is -0.412. The molecule has 0 radical (unpaired) electrons. The molecule has 0 aliphatic carbocycles. The molecule has 3 rings (SSSR count). The third kappa shape index (κ3) is 3.69. The summed E-state index contributed by atoms with van der Waals surface area (Å²) in [4.78, 5) is 30.6. The van der Waals surface area contributed by atoms with Gasteiger partial charge in [0.15, 0.2) is 0 Å².